The zero-order valence-corrected chi connectivity index (χ0v) is 17.9. The average molecular weight is 400 g/mol. The molecule has 3 rings (SSSR count). The van der Waals surface area contributed by atoms with Crippen LogP contribution in [0, 0.1) is 5.92 Å². The minimum Gasteiger partial charge on any atom is -0.385 e. The maximum Gasteiger partial charge on any atom is 0.232 e. The highest BCUT2D eigenvalue weighted by Gasteiger charge is 2.27. The first kappa shape index (κ1) is 21.4. The highest BCUT2D eigenvalue weighted by Crippen LogP contribution is 2.34. The monoisotopic (exact) mass is 399 g/mol. The Kier molecular flexibility index (Phi) is 7.69. The van der Waals surface area contributed by atoms with Crippen LogP contribution < -0.4 is 4.90 Å². The summed E-state index contributed by atoms with van der Waals surface area (Å²) in [6, 6.07) is 10.1. The van der Waals surface area contributed by atoms with Crippen molar-refractivity contribution in [2.75, 3.05) is 38.3 Å². The summed E-state index contributed by atoms with van der Waals surface area (Å²) in [5.74, 6) is 1.31. The molecule has 158 valence electrons. The van der Waals surface area contributed by atoms with Gasteiger partial charge in [-0.25, -0.2) is 0 Å². The summed E-state index contributed by atoms with van der Waals surface area (Å²) < 4.78 is 11.0. The lowest BCUT2D eigenvalue weighted by Crippen LogP contribution is -2.33. The van der Waals surface area contributed by atoms with Crippen molar-refractivity contribution in [1.29, 1.82) is 0 Å². The lowest BCUT2D eigenvalue weighted by Gasteiger charge is -2.25. The number of carbonyl (C=O) groups is 1. The average Bonchev–Trinajstić information content (AvgIpc) is 3.37. The molecule has 0 aliphatic carbocycles. The summed E-state index contributed by atoms with van der Waals surface area (Å²) in [5, 5.41) is 4.42. The quantitative estimate of drug-likeness (QED) is 0.556. The molecule has 6 nitrogen and oxygen atoms in total. The number of ether oxygens (including phenoxy) is 1. The topological polar surface area (TPSA) is 58.8 Å². The molecule has 0 unspecified atom stereocenters. The lowest BCUT2D eigenvalue weighted by atomic mass is 10.1. The number of hydrogen-bond acceptors (Lipinski definition) is 5. The predicted molar refractivity (Wildman–Crippen MR) is 115 cm³/mol. The zero-order valence-electron chi connectivity index (χ0n) is 17.9. The smallest absolute Gasteiger partial charge is 0.232 e. The molecule has 2 heterocycles. The molecule has 1 saturated heterocycles. The molecule has 1 aliphatic heterocycles. The molecule has 0 radical (unpaired) electrons. The minimum absolute atomic E-state index is 0.170. The van der Waals surface area contributed by atoms with Gasteiger partial charge in [-0.05, 0) is 25.2 Å². The van der Waals surface area contributed by atoms with Gasteiger partial charge in [0.05, 0.1) is 12.1 Å². The molecule has 6 heteroatoms. The Morgan fingerprint density at radius 3 is 2.62 bits per heavy atom. The molecule has 2 aromatic rings. The third kappa shape index (κ3) is 5.60. The van der Waals surface area contributed by atoms with Crippen molar-refractivity contribution >= 4 is 11.8 Å². The van der Waals surface area contributed by atoms with Crippen molar-refractivity contribution in [2.45, 2.75) is 46.1 Å². The Morgan fingerprint density at radius 1 is 1.24 bits per heavy atom. The lowest BCUT2D eigenvalue weighted by molar-refractivity contribution is -0.132. The molecule has 0 atom stereocenters. The molecule has 0 N–H and O–H groups in total. The molecular weight excluding hydrogens is 366 g/mol. The Balaban J connectivity index is 1.91. The van der Waals surface area contributed by atoms with Crippen molar-refractivity contribution in [3.8, 4) is 11.3 Å². The highest BCUT2D eigenvalue weighted by molar-refractivity contribution is 5.77. The fourth-order valence-electron chi connectivity index (χ4n) is 3.80. The maximum atomic E-state index is 13.0. The molecule has 0 saturated carbocycles. The second-order valence-corrected chi connectivity index (χ2v) is 8.13. The second kappa shape index (κ2) is 10.4. The number of methoxy groups -OCH3 is 1. The van der Waals surface area contributed by atoms with Gasteiger partial charge in [-0.3, -0.25) is 4.79 Å². The van der Waals surface area contributed by atoms with Crippen molar-refractivity contribution in [2.24, 2.45) is 5.92 Å². The van der Waals surface area contributed by atoms with E-state index in [1.54, 1.807) is 7.11 Å². The standard InChI is InChI=1S/C23H33N3O3/c1-18(2)16-21(27)26(14-9-15-28-3)17-20-22(19-10-5-4-6-11-19)24-29-23(20)25-12-7-8-13-25/h4-6,10-11,18H,7-9,12-17H2,1-3H3. The van der Waals surface area contributed by atoms with Crippen LogP contribution in [0.25, 0.3) is 11.3 Å². The summed E-state index contributed by atoms with van der Waals surface area (Å²) in [6.07, 6.45) is 3.67. The summed E-state index contributed by atoms with van der Waals surface area (Å²) in [5.41, 5.74) is 2.86. The van der Waals surface area contributed by atoms with E-state index in [2.05, 4.69) is 23.9 Å². The van der Waals surface area contributed by atoms with E-state index in [1.807, 2.05) is 35.2 Å². The Labute approximate surface area is 173 Å². The van der Waals surface area contributed by atoms with Crippen LogP contribution in [0.15, 0.2) is 34.9 Å². The van der Waals surface area contributed by atoms with Gasteiger partial charge in [0.1, 0.15) is 5.69 Å². The molecule has 0 bridgehead atoms. The first-order valence-electron chi connectivity index (χ1n) is 10.7. The first-order valence-corrected chi connectivity index (χ1v) is 10.7. The molecule has 1 aromatic heterocycles. The number of rotatable bonds is 10. The Bertz CT molecular complexity index is 767. The van der Waals surface area contributed by atoms with Crippen LogP contribution in [-0.4, -0.2) is 49.3 Å². The van der Waals surface area contributed by atoms with Crippen molar-refractivity contribution in [3.05, 3.63) is 35.9 Å². The van der Waals surface area contributed by atoms with E-state index in [4.69, 9.17) is 9.26 Å². The molecular formula is C23H33N3O3. The second-order valence-electron chi connectivity index (χ2n) is 8.13. The van der Waals surface area contributed by atoms with Gasteiger partial charge in [0.25, 0.3) is 0 Å². The van der Waals surface area contributed by atoms with Crippen LogP contribution in [0.1, 0.15) is 45.1 Å². The summed E-state index contributed by atoms with van der Waals surface area (Å²) in [7, 11) is 1.69. The van der Waals surface area contributed by atoms with E-state index in [-0.39, 0.29) is 5.91 Å². The van der Waals surface area contributed by atoms with Crippen LogP contribution in [0.2, 0.25) is 0 Å². The van der Waals surface area contributed by atoms with Gasteiger partial charge in [0, 0.05) is 45.3 Å². The molecule has 1 fully saturated rings. The van der Waals surface area contributed by atoms with Crippen molar-refractivity contribution in [1.82, 2.24) is 10.1 Å². The number of aromatic nitrogens is 1. The third-order valence-electron chi connectivity index (χ3n) is 5.27. The van der Waals surface area contributed by atoms with Gasteiger partial charge in [0.2, 0.25) is 11.8 Å². The third-order valence-corrected chi connectivity index (χ3v) is 5.27. The summed E-state index contributed by atoms with van der Waals surface area (Å²) in [4.78, 5) is 17.2. The molecule has 0 spiro atoms. The number of anilines is 1. The van der Waals surface area contributed by atoms with Crippen LogP contribution in [0.3, 0.4) is 0 Å². The number of amides is 1. The zero-order chi connectivity index (χ0) is 20.6. The number of nitrogens with zero attached hydrogens (tertiary/aromatic N) is 3. The summed E-state index contributed by atoms with van der Waals surface area (Å²) >= 11 is 0. The van der Waals surface area contributed by atoms with Gasteiger partial charge in [-0.2, -0.15) is 0 Å². The van der Waals surface area contributed by atoms with E-state index in [0.717, 1.165) is 55.1 Å². The number of carbonyl (C=O) groups excluding carboxylic acids is 1. The molecule has 1 amide bonds. The van der Waals surface area contributed by atoms with E-state index in [0.29, 0.717) is 32.0 Å². The number of benzene rings is 1. The predicted octanol–water partition coefficient (Wildman–Crippen LogP) is 4.35. The van der Waals surface area contributed by atoms with Gasteiger partial charge in [-0.15, -0.1) is 0 Å². The fourth-order valence-corrected chi connectivity index (χ4v) is 3.80. The van der Waals surface area contributed by atoms with Crippen LogP contribution in [-0.2, 0) is 16.1 Å². The van der Waals surface area contributed by atoms with Crippen LogP contribution >= 0.6 is 0 Å². The number of hydrogen-bond donors (Lipinski definition) is 0. The highest BCUT2D eigenvalue weighted by atomic mass is 16.5. The van der Waals surface area contributed by atoms with Crippen LogP contribution in [0.5, 0.6) is 0 Å². The molecule has 29 heavy (non-hydrogen) atoms. The van der Waals surface area contributed by atoms with E-state index >= 15 is 0 Å². The largest absolute Gasteiger partial charge is 0.385 e. The van der Waals surface area contributed by atoms with Crippen molar-refractivity contribution in [3.63, 3.8) is 0 Å². The normalized spacial score (nSPS) is 14.0. The van der Waals surface area contributed by atoms with Crippen LogP contribution in [0.4, 0.5) is 5.88 Å². The maximum absolute atomic E-state index is 13.0. The Hall–Kier alpha value is -2.34. The van der Waals surface area contributed by atoms with Gasteiger partial charge >= 0.3 is 0 Å². The summed E-state index contributed by atoms with van der Waals surface area (Å²) in [6.45, 7) is 7.91. The molecule has 1 aromatic carbocycles. The van der Waals surface area contributed by atoms with E-state index in [1.165, 1.54) is 0 Å². The van der Waals surface area contributed by atoms with Gasteiger partial charge < -0.3 is 19.1 Å². The minimum atomic E-state index is 0.170. The van der Waals surface area contributed by atoms with Gasteiger partial charge in [0.15, 0.2) is 0 Å². The first-order chi connectivity index (χ1) is 14.1. The molecule has 1 aliphatic rings. The fraction of sp³-hybridized carbons (Fsp3) is 0.565. The Morgan fingerprint density at radius 2 is 1.97 bits per heavy atom. The SMILES string of the molecule is COCCCN(Cc1c(-c2ccccc2)noc1N1CCCC1)C(=O)CC(C)C. The van der Waals surface area contributed by atoms with Gasteiger partial charge in [-0.1, -0.05) is 49.3 Å². The van der Waals surface area contributed by atoms with Crippen molar-refractivity contribution < 1.29 is 14.1 Å². The van der Waals surface area contributed by atoms with E-state index in [9.17, 15) is 4.79 Å². The van der Waals surface area contributed by atoms with E-state index < -0.39 is 0 Å².